The van der Waals surface area contributed by atoms with Gasteiger partial charge in [0.05, 0.1) is 5.69 Å². The van der Waals surface area contributed by atoms with Crippen LogP contribution in [0, 0.1) is 0 Å². The molecule has 4 nitrogen and oxygen atoms in total. The molecule has 0 aliphatic carbocycles. The molecular formula is C16H30N4. The Hall–Kier alpha value is -0.870. The monoisotopic (exact) mass is 278 g/mol. The average Bonchev–Trinajstić information content (AvgIpc) is 2.89. The quantitative estimate of drug-likeness (QED) is 0.832. The van der Waals surface area contributed by atoms with Crippen LogP contribution in [0.2, 0.25) is 0 Å². The molecule has 1 aromatic rings. The molecule has 0 radical (unpaired) electrons. The highest BCUT2D eigenvalue weighted by molar-refractivity contribution is 4.99. The highest BCUT2D eigenvalue weighted by Gasteiger charge is 2.17. The summed E-state index contributed by atoms with van der Waals surface area (Å²) in [6, 6.07) is 3.28. The summed E-state index contributed by atoms with van der Waals surface area (Å²) in [5.41, 5.74) is 1.20. The Morgan fingerprint density at radius 1 is 1.45 bits per heavy atom. The van der Waals surface area contributed by atoms with E-state index in [0.717, 1.165) is 19.6 Å². The third-order valence-corrected chi connectivity index (χ3v) is 4.01. The largest absolute Gasteiger partial charge is 0.313 e. The predicted molar refractivity (Wildman–Crippen MR) is 83.8 cm³/mol. The lowest BCUT2D eigenvalue weighted by Gasteiger charge is -2.30. The van der Waals surface area contributed by atoms with E-state index in [1.165, 1.54) is 37.9 Å². The summed E-state index contributed by atoms with van der Waals surface area (Å²) < 4.78 is 2.05. The molecule has 4 heteroatoms. The summed E-state index contributed by atoms with van der Waals surface area (Å²) in [6.45, 7) is 11.1. The minimum Gasteiger partial charge on any atom is -0.313 e. The van der Waals surface area contributed by atoms with E-state index in [2.05, 4.69) is 53.0 Å². The highest BCUT2D eigenvalue weighted by Crippen LogP contribution is 2.12. The van der Waals surface area contributed by atoms with Crippen LogP contribution in [0.1, 0.15) is 58.2 Å². The van der Waals surface area contributed by atoms with Crippen molar-refractivity contribution in [2.45, 2.75) is 65.1 Å². The van der Waals surface area contributed by atoms with Gasteiger partial charge < -0.3 is 5.32 Å². The SMILES string of the molecule is CCCN(Cc1ccn(C(C)C)n1)CC1CCCCN1. The van der Waals surface area contributed by atoms with Gasteiger partial charge in [0.1, 0.15) is 0 Å². The molecule has 114 valence electrons. The van der Waals surface area contributed by atoms with Crippen LogP contribution in [-0.2, 0) is 6.54 Å². The van der Waals surface area contributed by atoms with Crippen molar-refractivity contribution in [3.8, 4) is 0 Å². The smallest absolute Gasteiger partial charge is 0.0764 e. The minimum atomic E-state index is 0.448. The minimum absolute atomic E-state index is 0.448. The van der Waals surface area contributed by atoms with Crippen molar-refractivity contribution in [3.63, 3.8) is 0 Å². The third-order valence-electron chi connectivity index (χ3n) is 4.01. The fraction of sp³-hybridized carbons (Fsp3) is 0.812. The normalized spacial score (nSPS) is 19.9. The number of hydrogen-bond donors (Lipinski definition) is 1. The summed E-state index contributed by atoms with van der Waals surface area (Å²) >= 11 is 0. The molecule has 1 aliphatic rings. The van der Waals surface area contributed by atoms with Crippen molar-refractivity contribution >= 4 is 0 Å². The lowest BCUT2D eigenvalue weighted by atomic mass is 10.0. The van der Waals surface area contributed by atoms with Crippen molar-refractivity contribution in [1.82, 2.24) is 20.0 Å². The number of aromatic nitrogens is 2. The molecule has 1 fully saturated rings. The van der Waals surface area contributed by atoms with Crippen molar-refractivity contribution in [2.24, 2.45) is 0 Å². The molecule has 1 atom stereocenters. The van der Waals surface area contributed by atoms with Crippen LogP contribution in [0.3, 0.4) is 0 Å². The van der Waals surface area contributed by atoms with E-state index in [0.29, 0.717) is 12.1 Å². The van der Waals surface area contributed by atoms with Crippen molar-refractivity contribution in [3.05, 3.63) is 18.0 Å². The fourth-order valence-electron chi connectivity index (χ4n) is 2.92. The zero-order valence-corrected chi connectivity index (χ0v) is 13.3. The van der Waals surface area contributed by atoms with Gasteiger partial charge >= 0.3 is 0 Å². The molecule has 1 saturated heterocycles. The van der Waals surface area contributed by atoms with Crippen LogP contribution >= 0.6 is 0 Å². The molecule has 0 spiro atoms. The van der Waals surface area contributed by atoms with E-state index in [-0.39, 0.29) is 0 Å². The molecule has 20 heavy (non-hydrogen) atoms. The Bertz CT molecular complexity index is 380. The Kier molecular flexibility index (Phi) is 6.05. The van der Waals surface area contributed by atoms with Gasteiger partial charge in [-0.1, -0.05) is 13.3 Å². The Morgan fingerprint density at radius 2 is 2.30 bits per heavy atom. The standard InChI is InChI=1S/C16H30N4/c1-4-10-19(12-15-7-5-6-9-17-15)13-16-8-11-20(18-16)14(2)3/h8,11,14-15,17H,4-7,9-10,12-13H2,1-3H3. The lowest BCUT2D eigenvalue weighted by Crippen LogP contribution is -2.43. The van der Waals surface area contributed by atoms with E-state index in [1.807, 2.05) is 0 Å². The van der Waals surface area contributed by atoms with Gasteiger partial charge in [0.2, 0.25) is 0 Å². The second kappa shape index (κ2) is 7.79. The van der Waals surface area contributed by atoms with E-state index in [9.17, 15) is 0 Å². The molecule has 0 amide bonds. The molecule has 0 bridgehead atoms. The van der Waals surface area contributed by atoms with Crippen LogP contribution in [0.5, 0.6) is 0 Å². The Morgan fingerprint density at radius 3 is 2.90 bits per heavy atom. The van der Waals surface area contributed by atoms with E-state index in [4.69, 9.17) is 0 Å². The first-order valence-corrected chi connectivity index (χ1v) is 8.18. The number of piperidine rings is 1. The lowest BCUT2D eigenvalue weighted by molar-refractivity contribution is 0.214. The average molecular weight is 278 g/mol. The second-order valence-corrected chi connectivity index (χ2v) is 6.26. The van der Waals surface area contributed by atoms with Crippen LogP contribution in [0.25, 0.3) is 0 Å². The Balaban J connectivity index is 1.89. The first kappa shape index (κ1) is 15.5. The molecule has 2 heterocycles. The third kappa shape index (κ3) is 4.60. The van der Waals surface area contributed by atoms with E-state index in [1.54, 1.807) is 0 Å². The van der Waals surface area contributed by atoms with Crippen molar-refractivity contribution in [1.29, 1.82) is 0 Å². The number of nitrogens with zero attached hydrogens (tertiary/aromatic N) is 3. The molecule has 1 unspecified atom stereocenters. The number of rotatable bonds is 7. The number of nitrogens with one attached hydrogen (secondary N) is 1. The molecule has 0 aromatic carbocycles. The summed E-state index contributed by atoms with van der Waals surface area (Å²) in [7, 11) is 0. The summed E-state index contributed by atoms with van der Waals surface area (Å²) in [5.74, 6) is 0. The second-order valence-electron chi connectivity index (χ2n) is 6.26. The first-order chi connectivity index (χ1) is 9.69. The van der Waals surface area contributed by atoms with Gasteiger partial charge in [0, 0.05) is 31.4 Å². The summed E-state index contributed by atoms with van der Waals surface area (Å²) in [4.78, 5) is 2.55. The summed E-state index contributed by atoms with van der Waals surface area (Å²) in [6.07, 6.45) is 7.34. The molecule has 2 rings (SSSR count). The Labute approximate surface area is 123 Å². The van der Waals surface area contributed by atoms with Crippen molar-refractivity contribution < 1.29 is 0 Å². The summed E-state index contributed by atoms with van der Waals surface area (Å²) in [5, 5.41) is 8.33. The maximum atomic E-state index is 4.68. The fourth-order valence-corrected chi connectivity index (χ4v) is 2.92. The maximum Gasteiger partial charge on any atom is 0.0764 e. The van der Waals surface area contributed by atoms with Gasteiger partial charge in [-0.3, -0.25) is 9.58 Å². The van der Waals surface area contributed by atoms with Gasteiger partial charge in [-0.05, 0) is 52.3 Å². The highest BCUT2D eigenvalue weighted by atomic mass is 15.3. The van der Waals surface area contributed by atoms with Crippen LogP contribution in [0.4, 0.5) is 0 Å². The molecular weight excluding hydrogens is 248 g/mol. The van der Waals surface area contributed by atoms with Gasteiger partial charge in [0.25, 0.3) is 0 Å². The van der Waals surface area contributed by atoms with Crippen LogP contribution in [0.15, 0.2) is 12.3 Å². The van der Waals surface area contributed by atoms with E-state index >= 15 is 0 Å². The van der Waals surface area contributed by atoms with Gasteiger partial charge in [-0.15, -0.1) is 0 Å². The topological polar surface area (TPSA) is 33.1 Å². The maximum absolute atomic E-state index is 4.68. The molecule has 1 aromatic heterocycles. The zero-order valence-electron chi connectivity index (χ0n) is 13.3. The predicted octanol–water partition coefficient (Wildman–Crippen LogP) is 2.82. The number of hydrogen-bond acceptors (Lipinski definition) is 3. The van der Waals surface area contributed by atoms with Crippen molar-refractivity contribution in [2.75, 3.05) is 19.6 Å². The first-order valence-electron chi connectivity index (χ1n) is 8.18. The molecule has 1 aliphatic heterocycles. The zero-order chi connectivity index (χ0) is 14.4. The van der Waals surface area contributed by atoms with Gasteiger partial charge in [-0.2, -0.15) is 5.10 Å². The van der Waals surface area contributed by atoms with Crippen LogP contribution < -0.4 is 5.32 Å². The van der Waals surface area contributed by atoms with Crippen LogP contribution in [-0.4, -0.2) is 40.4 Å². The van der Waals surface area contributed by atoms with Gasteiger partial charge in [-0.25, -0.2) is 0 Å². The molecule has 0 saturated carbocycles. The van der Waals surface area contributed by atoms with Gasteiger partial charge in [0.15, 0.2) is 0 Å². The molecule has 1 N–H and O–H groups in total. The van der Waals surface area contributed by atoms with E-state index < -0.39 is 0 Å².